The minimum absolute atomic E-state index is 0.163. The lowest BCUT2D eigenvalue weighted by molar-refractivity contribution is -0.130. The molecule has 0 spiro atoms. The summed E-state index contributed by atoms with van der Waals surface area (Å²) in [5.74, 6) is -0.500. The van der Waals surface area contributed by atoms with E-state index in [2.05, 4.69) is 24.1 Å². The molecule has 0 aliphatic carbocycles. The second-order valence-electron chi connectivity index (χ2n) is 4.63. The van der Waals surface area contributed by atoms with Crippen molar-refractivity contribution in [3.63, 3.8) is 0 Å². The number of rotatable bonds is 8. The Kier molecular flexibility index (Phi) is 7.26. The van der Waals surface area contributed by atoms with Gasteiger partial charge in [0.25, 0.3) is 0 Å². The largest absolute Gasteiger partial charge is 0.354 e. The van der Waals surface area contributed by atoms with Gasteiger partial charge in [0.05, 0.1) is 0 Å². The van der Waals surface area contributed by atoms with E-state index in [9.17, 15) is 9.59 Å². The summed E-state index contributed by atoms with van der Waals surface area (Å²) in [5, 5.41) is 5.41. The van der Waals surface area contributed by atoms with Crippen molar-refractivity contribution >= 4 is 11.8 Å². The van der Waals surface area contributed by atoms with Crippen LogP contribution in [0.25, 0.3) is 0 Å². The van der Waals surface area contributed by atoms with Gasteiger partial charge in [0.15, 0.2) is 0 Å². The van der Waals surface area contributed by atoms with Gasteiger partial charge in [-0.3, -0.25) is 9.59 Å². The summed E-state index contributed by atoms with van der Waals surface area (Å²) in [6.07, 6.45) is 5.62. The van der Waals surface area contributed by atoms with Crippen molar-refractivity contribution in [3.8, 4) is 0 Å². The molecule has 0 aromatic carbocycles. The van der Waals surface area contributed by atoms with E-state index in [0.29, 0.717) is 6.54 Å². The van der Waals surface area contributed by atoms with Crippen molar-refractivity contribution < 1.29 is 9.59 Å². The quantitative estimate of drug-likeness (QED) is 0.502. The number of hydrogen-bond donors (Lipinski definition) is 2. The zero-order valence-corrected chi connectivity index (χ0v) is 11.1. The average molecular weight is 240 g/mol. The van der Waals surface area contributed by atoms with Crippen LogP contribution in [-0.4, -0.2) is 23.9 Å². The van der Waals surface area contributed by atoms with E-state index in [-0.39, 0.29) is 11.8 Å². The smallest absolute Gasteiger partial charge is 0.245 e. The predicted octanol–water partition coefficient (Wildman–Crippen LogP) is 1.76. The Labute approximate surface area is 104 Å². The third-order valence-electron chi connectivity index (χ3n) is 2.50. The Balaban J connectivity index is 3.94. The van der Waals surface area contributed by atoms with Gasteiger partial charge in [-0.25, -0.2) is 0 Å². The van der Waals surface area contributed by atoms with Gasteiger partial charge in [-0.05, 0) is 26.3 Å². The zero-order chi connectivity index (χ0) is 13.3. The lowest BCUT2D eigenvalue weighted by atomic mass is 10.0. The third-order valence-corrected chi connectivity index (χ3v) is 2.50. The van der Waals surface area contributed by atoms with E-state index >= 15 is 0 Å². The second-order valence-corrected chi connectivity index (χ2v) is 4.63. The lowest BCUT2D eigenvalue weighted by Gasteiger charge is -2.24. The van der Waals surface area contributed by atoms with Gasteiger partial charge in [0.2, 0.25) is 11.8 Å². The standard InChI is InChI=1S/C13H24N2O2/c1-5-7-8-9-10-14-12(17)13(3,4)15-11(16)6-2/h6H,2,5,7-10H2,1,3-4H3,(H,14,17)(H,15,16). The first kappa shape index (κ1) is 15.7. The molecule has 0 aliphatic heterocycles. The maximum atomic E-state index is 11.8. The fourth-order valence-electron chi connectivity index (χ4n) is 1.39. The highest BCUT2D eigenvalue weighted by Crippen LogP contribution is 2.03. The predicted molar refractivity (Wildman–Crippen MR) is 69.6 cm³/mol. The van der Waals surface area contributed by atoms with E-state index in [1.807, 2.05) is 0 Å². The summed E-state index contributed by atoms with van der Waals surface area (Å²) in [7, 11) is 0. The molecular weight excluding hydrogens is 216 g/mol. The summed E-state index contributed by atoms with van der Waals surface area (Å²) in [5.41, 5.74) is -0.893. The van der Waals surface area contributed by atoms with Crippen LogP contribution in [0, 0.1) is 0 Å². The molecule has 2 N–H and O–H groups in total. The molecular formula is C13H24N2O2. The number of hydrogen-bond acceptors (Lipinski definition) is 2. The molecule has 17 heavy (non-hydrogen) atoms. The van der Waals surface area contributed by atoms with Crippen molar-refractivity contribution in [2.75, 3.05) is 6.54 Å². The molecule has 0 aliphatic rings. The van der Waals surface area contributed by atoms with Crippen LogP contribution in [0.5, 0.6) is 0 Å². The molecule has 4 heteroatoms. The summed E-state index contributed by atoms with van der Waals surface area (Å²) in [6, 6.07) is 0. The van der Waals surface area contributed by atoms with E-state index in [0.717, 1.165) is 18.9 Å². The van der Waals surface area contributed by atoms with Gasteiger partial charge in [0.1, 0.15) is 5.54 Å². The van der Waals surface area contributed by atoms with Crippen molar-refractivity contribution in [1.82, 2.24) is 10.6 Å². The van der Waals surface area contributed by atoms with Crippen LogP contribution in [-0.2, 0) is 9.59 Å². The zero-order valence-electron chi connectivity index (χ0n) is 11.1. The molecule has 0 bridgehead atoms. The molecule has 0 heterocycles. The number of unbranched alkanes of at least 4 members (excludes halogenated alkanes) is 3. The molecule has 4 nitrogen and oxygen atoms in total. The molecule has 2 amide bonds. The fraction of sp³-hybridized carbons (Fsp3) is 0.692. The van der Waals surface area contributed by atoms with Crippen LogP contribution in [0.1, 0.15) is 46.5 Å². The summed E-state index contributed by atoms with van der Waals surface area (Å²) < 4.78 is 0. The number of carbonyl (C=O) groups excluding carboxylic acids is 2. The van der Waals surface area contributed by atoms with Crippen LogP contribution in [0.4, 0.5) is 0 Å². The first-order valence-corrected chi connectivity index (χ1v) is 6.17. The van der Waals surface area contributed by atoms with Gasteiger partial charge >= 0.3 is 0 Å². The molecule has 0 aromatic rings. The molecule has 0 saturated carbocycles. The summed E-state index contributed by atoms with van der Waals surface area (Å²) in [6.45, 7) is 9.51. The van der Waals surface area contributed by atoms with Gasteiger partial charge < -0.3 is 10.6 Å². The fourth-order valence-corrected chi connectivity index (χ4v) is 1.39. The molecule has 0 saturated heterocycles. The van der Waals surface area contributed by atoms with Crippen LogP contribution in [0.15, 0.2) is 12.7 Å². The molecule has 0 aromatic heterocycles. The molecule has 0 atom stereocenters. The first-order chi connectivity index (χ1) is 7.94. The first-order valence-electron chi connectivity index (χ1n) is 6.17. The lowest BCUT2D eigenvalue weighted by Crippen LogP contribution is -2.54. The number of nitrogens with one attached hydrogen (secondary N) is 2. The highest BCUT2D eigenvalue weighted by molar-refractivity contribution is 5.94. The maximum absolute atomic E-state index is 11.8. The Morgan fingerprint density at radius 1 is 1.24 bits per heavy atom. The van der Waals surface area contributed by atoms with Crippen LogP contribution in [0.3, 0.4) is 0 Å². The van der Waals surface area contributed by atoms with E-state index in [4.69, 9.17) is 0 Å². The Morgan fingerprint density at radius 2 is 1.88 bits per heavy atom. The minimum Gasteiger partial charge on any atom is -0.354 e. The average Bonchev–Trinajstić information content (AvgIpc) is 2.27. The van der Waals surface area contributed by atoms with Crippen LogP contribution in [0.2, 0.25) is 0 Å². The summed E-state index contributed by atoms with van der Waals surface area (Å²) >= 11 is 0. The topological polar surface area (TPSA) is 58.2 Å². The van der Waals surface area contributed by atoms with Gasteiger partial charge in [-0.2, -0.15) is 0 Å². The van der Waals surface area contributed by atoms with Crippen LogP contribution >= 0.6 is 0 Å². The van der Waals surface area contributed by atoms with Gasteiger partial charge in [0, 0.05) is 6.54 Å². The highest BCUT2D eigenvalue weighted by Gasteiger charge is 2.27. The van der Waals surface area contributed by atoms with Gasteiger partial charge in [-0.15, -0.1) is 0 Å². The molecule has 0 fully saturated rings. The van der Waals surface area contributed by atoms with Crippen molar-refractivity contribution in [1.29, 1.82) is 0 Å². The van der Waals surface area contributed by atoms with E-state index in [1.165, 1.54) is 12.8 Å². The normalized spacial score (nSPS) is 10.8. The Bertz CT molecular complexity index is 273. The monoisotopic (exact) mass is 240 g/mol. The van der Waals surface area contributed by atoms with Crippen molar-refractivity contribution in [3.05, 3.63) is 12.7 Å². The second kappa shape index (κ2) is 7.87. The number of carbonyl (C=O) groups is 2. The van der Waals surface area contributed by atoms with E-state index in [1.54, 1.807) is 13.8 Å². The molecule has 0 rings (SSSR count). The molecule has 0 unspecified atom stereocenters. The van der Waals surface area contributed by atoms with E-state index < -0.39 is 5.54 Å². The molecule has 0 radical (unpaired) electrons. The Hall–Kier alpha value is -1.32. The molecule has 98 valence electrons. The van der Waals surface area contributed by atoms with Crippen LogP contribution < -0.4 is 10.6 Å². The van der Waals surface area contributed by atoms with Crippen molar-refractivity contribution in [2.45, 2.75) is 52.0 Å². The minimum atomic E-state index is -0.893. The van der Waals surface area contributed by atoms with Crippen molar-refractivity contribution in [2.24, 2.45) is 0 Å². The Morgan fingerprint density at radius 3 is 2.41 bits per heavy atom. The highest BCUT2D eigenvalue weighted by atomic mass is 16.2. The summed E-state index contributed by atoms with van der Waals surface area (Å²) in [4.78, 5) is 22.9. The number of amides is 2. The third kappa shape index (κ3) is 6.76. The SMILES string of the molecule is C=CC(=O)NC(C)(C)C(=O)NCCCCCC. The van der Waals surface area contributed by atoms with Gasteiger partial charge in [-0.1, -0.05) is 32.8 Å². The maximum Gasteiger partial charge on any atom is 0.245 e.